The quantitative estimate of drug-likeness (QED) is 0.426. The Morgan fingerprint density at radius 1 is 1.45 bits per heavy atom. The van der Waals surface area contributed by atoms with Crippen LogP contribution in [-0.4, -0.2) is 46.1 Å². The Bertz CT molecular complexity index is 833. The zero-order valence-corrected chi connectivity index (χ0v) is 17.1. The zero-order chi connectivity index (χ0) is 20.8. The number of hydrogen-bond donors (Lipinski definition) is 2. The number of hydrogen-bond acceptors (Lipinski definition) is 6. The highest BCUT2D eigenvalue weighted by Gasteiger charge is 2.83. The van der Waals surface area contributed by atoms with Crippen molar-refractivity contribution in [3.8, 4) is 0 Å². The third-order valence-corrected chi connectivity index (χ3v) is 8.85. The Labute approximate surface area is 170 Å². The van der Waals surface area contributed by atoms with Crippen molar-refractivity contribution < 1.29 is 29.3 Å². The van der Waals surface area contributed by atoms with Crippen LogP contribution in [0.2, 0.25) is 0 Å². The van der Waals surface area contributed by atoms with Crippen molar-refractivity contribution in [2.75, 3.05) is 6.61 Å². The summed E-state index contributed by atoms with van der Waals surface area (Å²) in [7, 11) is 0. The van der Waals surface area contributed by atoms with Gasteiger partial charge in [0, 0.05) is 11.8 Å². The van der Waals surface area contributed by atoms with Crippen LogP contribution in [0.4, 0.5) is 0 Å². The Kier molecular flexibility index (Phi) is 3.81. The molecule has 158 valence electrons. The van der Waals surface area contributed by atoms with Gasteiger partial charge in [-0.3, -0.25) is 9.59 Å². The van der Waals surface area contributed by atoms with Gasteiger partial charge in [-0.2, -0.15) is 0 Å². The number of ether oxygens (including phenoxy) is 2. The summed E-state index contributed by atoms with van der Waals surface area (Å²) in [5.41, 5.74) is -2.90. The van der Waals surface area contributed by atoms with Gasteiger partial charge < -0.3 is 19.7 Å². The molecule has 4 aliphatic carbocycles. The third kappa shape index (κ3) is 2.05. The Morgan fingerprint density at radius 3 is 2.93 bits per heavy atom. The molecular weight excluding hydrogens is 372 g/mol. The Balaban J connectivity index is 1.67. The van der Waals surface area contributed by atoms with Crippen LogP contribution in [-0.2, 0) is 19.1 Å². The topological polar surface area (TPSA) is 93.1 Å². The van der Waals surface area contributed by atoms with E-state index >= 15 is 0 Å². The van der Waals surface area contributed by atoms with Gasteiger partial charge in [-0.1, -0.05) is 26.0 Å². The van der Waals surface area contributed by atoms with Crippen molar-refractivity contribution in [2.24, 2.45) is 28.6 Å². The van der Waals surface area contributed by atoms with Gasteiger partial charge in [-0.15, -0.1) is 0 Å². The maximum atomic E-state index is 13.5. The van der Waals surface area contributed by atoms with E-state index in [1.54, 1.807) is 13.0 Å². The van der Waals surface area contributed by atoms with Crippen LogP contribution < -0.4 is 0 Å². The number of carbonyl (C=O) groups excluding carboxylic acids is 2. The molecule has 3 saturated carbocycles. The zero-order valence-electron chi connectivity index (χ0n) is 17.1. The van der Waals surface area contributed by atoms with Crippen molar-refractivity contribution in [3.63, 3.8) is 0 Å². The lowest BCUT2D eigenvalue weighted by molar-refractivity contribution is -0.165. The van der Waals surface area contributed by atoms with E-state index in [2.05, 4.69) is 6.58 Å². The standard InChI is InChI=1S/C23H30O6/c1-4-5-10-28-18(25)16-17-20(3)15(24)7-9-23(17,29-19(20)26)14-6-8-22(27)12-21(14,16)11-13(22)2/h7,9,14-17,24,27H,2,4-6,8,10-12H2,1,3H3/t14-,15+,16-,17-,20-,21+,22+,23-/m1/s1. The van der Waals surface area contributed by atoms with E-state index in [1.807, 2.05) is 13.0 Å². The fraction of sp³-hybridized carbons (Fsp3) is 0.739. The fourth-order valence-electron chi connectivity index (χ4n) is 7.52. The lowest BCUT2D eigenvalue weighted by Gasteiger charge is -2.44. The first-order chi connectivity index (χ1) is 13.7. The van der Waals surface area contributed by atoms with Crippen LogP contribution in [0.15, 0.2) is 24.3 Å². The van der Waals surface area contributed by atoms with E-state index in [4.69, 9.17) is 9.47 Å². The average Bonchev–Trinajstić information content (AvgIpc) is 3.09. The van der Waals surface area contributed by atoms with Crippen molar-refractivity contribution in [3.05, 3.63) is 24.3 Å². The normalized spacial score (nSPS) is 51.6. The molecule has 0 radical (unpaired) electrons. The number of aliphatic hydroxyl groups is 2. The molecule has 0 aromatic heterocycles. The molecule has 6 heteroatoms. The molecule has 0 aromatic carbocycles. The molecule has 5 aliphatic rings. The van der Waals surface area contributed by atoms with E-state index in [-0.39, 0.29) is 11.9 Å². The minimum Gasteiger partial charge on any atom is -0.465 e. The first-order valence-corrected chi connectivity index (χ1v) is 10.8. The van der Waals surface area contributed by atoms with Crippen LogP contribution >= 0.6 is 0 Å². The molecule has 4 fully saturated rings. The molecule has 1 spiro atoms. The van der Waals surface area contributed by atoms with Gasteiger partial charge >= 0.3 is 11.9 Å². The van der Waals surface area contributed by atoms with Gasteiger partial charge in [-0.05, 0) is 56.1 Å². The Morgan fingerprint density at radius 2 is 2.21 bits per heavy atom. The average molecular weight is 402 g/mol. The first kappa shape index (κ1) is 19.3. The summed E-state index contributed by atoms with van der Waals surface area (Å²) in [6.45, 7) is 8.22. The molecular formula is C23H30O6. The monoisotopic (exact) mass is 402 g/mol. The minimum atomic E-state index is -1.20. The second-order valence-electron chi connectivity index (χ2n) is 10.1. The second kappa shape index (κ2) is 5.73. The SMILES string of the molecule is C=C1C[C@]23C[C@@]1(O)CC[C@H]2[C@@]12C=C[C@H](O)[C@@](C)(C(=O)O1)[C@H]2[C@@H]3C(=O)OCCCC. The molecule has 4 bridgehead atoms. The predicted octanol–water partition coefficient (Wildman–Crippen LogP) is 2.29. The highest BCUT2D eigenvalue weighted by molar-refractivity contribution is 5.87. The van der Waals surface area contributed by atoms with Gasteiger partial charge in [-0.25, -0.2) is 0 Å². The van der Waals surface area contributed by atoms with E-state index in [9.17, 15) is 19.8 Å². The van der Waals surface area contributed by atoms with Crippen molar-refractivity contribution in [1.82, 2.24) is 0 Å². The molecule has 8 atom stereocenters. The summed E-state index contributed by atoms with van der Waals surface area (Å²) < 4.78 is 11.7. The van der Waals surface area contributed by atoms with Crippen LogP contribution in [0, 0.1) is 28.6 Å². The van der Waals surface area contributed by atoms with Crippen LogP contribution in [0.25, 0.3) is 0 Å². The number of unbranched alkanes of at least 4 members (excludes halogenated alkanes) is 1. The van der Waals surface area contributed by atoms with Crippen LogP contribution in [0.1, 0.15) is 52.4 Å². The highest BCUT2D eigenvalue weighted by Crippen LogP contribution is 2.77. The van der Waals surface area contributed by atoms with E-state index < -0.39 is 45.9 Å². The molecule has 0 amide bonds. The predicted molar refractivity (Wildman–Crippen MR) is 103 cm³/mol. The molecule has 1 heterocycles. The number of rotatable bonds is 4. The largest absolute Gasteiger partial charge is 0.465 e. The molecule has 1 aliphatic heterocycles. The van der Waals surface area contributed by atoms with Gasteiger partial charge in [0.05, 0.1) is 24.2 Å². The maximum absolute atomic E-state index is 13.5. The lowest BCUT2D eigenvalue weighted by Crippen LogP contribution is -2.51. The maximum Gasteiger partial charge on any atom is 0.316 e. The number of carbonyl (C=O) groups is 2. The number of esters is 2. The summed E-state index contributed by atoms with van der Waals surface area (Å²) in [5, 5.41) is 22.0. The number of aliphatic hydroxyl groups excluding tert-OH is 1. The highest BCUT2D eigenvalue weighted by atomic mass is 16.6. The molecule has 0 aromatic rings. The van der Waals surface area contributed by atoms with Crippen LogP contribution in [0.3, 0.4) is 0 Å². The van der Waals surface area contributed by atoms with Crippen molar-refractivity contribution >= 4 is 11.9 Å². The van der Waals surface area contributed by atoms with Gasteiger partial charge in [0.1, 0.15) is 11.0 Å². The summed E-state index contributed by atoms with van der Waals surface area (Å²) in [6, 6.07) is 0. The lowest BCUT2D eigenvalue weighted by atomic mass is 9.61. The molecule has 2 N–H and O–H groups in total. The summed E-state index contributed by atoms with van der Waals surface area (Å²) in [5.74, 6) is -2.00. The summed E-state index contributed by atoms with van der Waals surface area (Å²) >= 11 is 0. The molecule has 0 unspecified atom stereocenters. The van der Waals surface area contributed by atoms with Gasteiger partial charge in [0.15, 0.2) is 0 Å². The Hall–Kier alpha value is -1.66. The molecule has 6 nitrogen and oxygen atoms in total. The van der Waals surface area contributed by atoms with Crippen LogP contribution in [0.5, 0.6) is 0 Å². The second-order valence-corrected chi connectivity index (χ2v) is 10.1. The number of fused-ring (bicyclic) bond motifs is 1. The first-order valence-electron chi connectivity index (χ1n) is 10.8. The van der Waals surface area contributed by atoms with E-state index in [0.717, 1.165) is 18.4 Å². The smallest absolute Gasteiger partial charge is 0.316 e. The van der Waals surface area contributed by atoms with Gasteiger partial charge in [0.25, 0.3) is 0 Å². The summed E-state index contributed by atoms with van der Waals surface area (Å²) in [4.78, 5) is 26.5. The summed E-state index contributed by atoms with van der Waals surface area (Å²) in [6.07, 6.45) is 6.32. The molecule has 1 saturated heterocycles. The minimum absolute atomic E-state index is 0.0993. The molecule has 5 rings (SSSR count). The fourth-order valence-corrected chi connectivity index (χ4v) is 7.52. The van der Waals surface area contributed by atoms with Crippen molar-refractivity contribution in [1.29, 1.82) is 0 Å². The van der Waals surface area contributed by atoms with E-state index in [0.29, 0.717) is 32.3 Å². The third-order valence-electron chi connectivity index (χ3n) is 8.85. The molecule has 29 heavy (non-hydrogen) atoms. The van der Waals surface area contributed by atoms with E-state index in [1.165, 1.54) is 0 Å². The van der Waals surface area contributed by atoms with Crippen molar-refractivity contribution in [2.45, 2.75) is 69.7 Å². The van der Waals surface area contributed by atoms with Gasteiger partial charge in [0.2, 0.25) is 0 Å².